The molecule has 3 atom stereocenters. The van der Waals surface area contributed by atoms with Crippen molar-refractivity contribution in [1.82, 2.24) is 14.7 Å². The topological polar surface area (TPSA) is 89.0 Å². The number of nitrogens with zero attached hydrogens (tertiary/aromatic N) is 4. The van der Waals surface area contributed by atoms with E-state index in [1.165, 1.54) is 42.7 Å². The van der Waals surface area contributed by atoms with Crippen LogP contribution in [-0.4, -0.2) is 92.3 Å². The summed E-state index contributed by atoms with van der Waals surface area (Å²) in [6.45, 7) is 3.22. The van der Waals surface area contributed by atoms with Crippen LogP contribution in [0.4, 0.5) is 18.9 Å². The first-order valence-corrected chi connectivity index (χ1v) is 30.0. The third kappa shape index (κ3) is 9.43. The molecule has 4 saturated heterocycles. The van der Waals surface area contributed by atoms with Gasteiger partial charge >= 0.3 is 362 Å². The Morgan fingerprint density at radius 2 is 1.67 bits per heavy atom. The van der Waals surface area contributed by atoms with Crippen LogP contribution in [0.15, 0.2) is 34.6 Å². The van der Waals surface area contributed by atoms with Gasteiger partial charge in [0.15, 0.2) is 0 Å². The summed E-state index contributed by atoms with van der Waals surface area (Å²) in [4.78, 5) is 27.6. The van der Waals surface area contributed by atoms with Crippen LogP contribution in [0.5, 0.6) is 0 Å². The Hall–Kier alpha value is 0.890. The van der Waals surface area contributed by atoms with E-state index in [2.05, 4.69) is 33.2 Å². The zero-order chi connectivity index (χ0) is 36.9. The Labute approximate surface area is 364 Å². The number of hydrogen-bond donors (Lipinski definition) is 2. The molecule has 5 aliphatic rings. The molecule has 0 radical (unpaired) electrons. The third-order valence-corrected chi connectivity index (χ3v) is 27.5. The first-order chi connectivity index (χ1) is 24.6. The van der Waals surface area contributed by atoms with Gasteiger partial charge in [0, 0.05) is 0 Å². The van der Waals surface area contributed by atoms with Crippen LogP contribution >= 0.6 is 119 Å². The maximum absolute atomic E-state index is 15.2. The van der Waals surface area contributed by atoms with E-state index in [9.17, 15) is 19.0 Å². The number of benzene rings is 1. The zero-order valence-corrected chi connectivity index (χ0v) is 40.7. The van der Waals surface area contributed by atoms with Gasteiger partial charge in [0.25, 0.3) is 0 Å². The van der Waals surface area contributed by atoms with Crippen molar-refractivity contribution >= 4 is 138 Å². The van der Waals surface area contributed by atoms with Gasteiger partial charge < -0.3 is 0 Å². The Morgan fingerprint density at radius 1 is 1.02 bits per heavy atom. The summed E-state index contributed by atoms with van der Waals surface area (Å²) in [7, 11) is 2.27. The Balaban J connectivity index is 1.05. The Kier molecular flexibility index (Phi) is 13.4. The molecule has 52 heavy (non-hydrogen) atoms. The number of carbonyl (C=O) groups excluding carboxylic acids is 1. The van der Waals surface area contributed by atoms with Crippen molar-refractivity contribution < 1.29 is 18.0 Å². The summed E-state index contributed by atoms with van der Waals surface area (Å²) >= 11 is 2.55. The number of carbonyl (C=O) groups is 1. The molecule has 2 unspecified atom stereocenters. The summed E-state index contributed by atoms with van der Waals surface area (Å²) < 4.78 is 44.4. The van der Waals surface area contributed by atoms with Crippen LogP contribution < -0.4 is 5.73 Å². The van der Waals surface area contributed by atoms with E-state index >= 15 is 4.39 Å². The molecule has 288 valence electrons. The van der Waals surface area contributed by atoms with Crippen molar-refractivity contribution in [1.29, 1.82) is 5.41 Å². The van der Waals surface area contributed by atoms with E-state index in [0.29, 0.717) is 37.2 Å². The average Bonchev–Trinajstić information content (AvgIpc) is 3.63. The minimum absolute atomic E-state index is 0.175. The number of nitrogens with two attached hydrogens (primary N) is 1. The van der Waals surface area contributed by atoms with Gasteiger partial charge in [-0.1, -0.05) is 0 Å². The second-order valence-corrected chi connectivity index (χ2v) is 33.9. The van der Waals surface area contributed by atoms with Crippen LogP contribution in [0.25, 0.3) is 0 Å². The van der Waals surface area contributed by atoms with Crippen LogP contribution in [0.2, 0.25) is 0 Å². The van der Waals surface area contributed by atoms with Crippen LogP contribution in [0.1, 0.15) is 66.5 Å². The number of hydrogen-bond acceptors (Lipinski definition) is 7. The van der Waals surface area contributed by atoms with Crippen molar-refractivity contribution in [3.8, 4) is 0 Å². The number of amidine groups is 2. The van der Waals surface area contributed by atoms with E-state index in [-0.39, 0.29) is 24.0 Å². The fourth-order valence-electron chi connectivity index (χ4n) is 8.64. The minimum atomic E-state index is -3.17. The second-order valence-electron chi connectivity index (χ2n) is 14.7. The summed E-state index contributed by atoms with van der Waals surface area (Å²) in [6.07, 6.45) is 7.59. The predicted octanol–water partition coefficient (Wildman–Crippen LogP) is 9.81. The molecule has 16 heteroatoms. The van der Waals surface area contributed by atoms with Crippen molar-refractivity contribution in [3.63, 3.8) is 0 Å². The summed E-state index contributed by atoms with van der Waals surface area (Å²) in [5, 5.41) is 11.6. The van der Waals surface area contributed by atoms with E-state index in [0.717, 1.165) is 84.4 Å². The van der Waals surface area contributed by atoms with Gasteiger partial charge in [0.1, 0.15) is 0 Å². The molecule has 0 amide bonds. The van der Waals surface area contributed by atoms with Crippen LogP contribution in [0, 0.1) is 11.3 Å². The standard InChI is InChI=1S/C36H46F3I5N6OS/c1-48-27-2-3-28(48)20-29(19-27)49-9-11-50(12-10-49)33(45)23(14-22-15-24(35(37,38)40)18-25(16-22)36(39,41)42)17-32(51)43-7-4-26(5-8-43)44-21-31-30(6-13-52-31)47-34(44)46/h6,13,15-16,18,23,26-29,45H,2-5,7-12,14,17,19-21H2,1H3,(H2,46,47)/t23-,27?,28?,29?/m0/s1. The third-order valence-electron chi connectivity index (χ3n) is 11.6. The molecular formula is C36H46F3I5N6OS. The van der Waals surface area contributed by atoms with Gasteiger partial charge in [-0.2, -0.15) is 0 Å². The normalized spacial score (nSPS) is 27.0. The first kappa shape index (κ1) is 41.1. The van der Waals surface area contributed by atoms with E-state index < -0.39 is 51.2 Å². The number of fused-ring (bicyclic) bond motifs is 3. The van der Waals surface area contributed by atoms with E-state index in [1.807, 2.05) is 0 Å². The molecule has 2 aromatic rings. The van der Waals surface area contributed by atoms with Gasteiger partial charge in [-0.15, -0.1) is 0 Å². The number of alkyl halides is 10. The molecule has 1 aromatic carbocycles. The zero-order valence-electron chi connectivity index (χ0n) is 29.1. The molecule has 7 rings (SSSR count). The molecule has 4 fully saturated rings. The molecule has 7 nitrogen and oxygen atoms in total. The van der Waals surface area contributed by atoms with Crippen LogP contribution in [-0.2, 0) is 21.3 Å². The first-order valence-electron chi connectivity index (χ1n) is 17.9. The molecular weight excluding hydrogens is 1260 g/mol. The maximum atomic E-state index is 15.2. The Bertz CT molecular complexity index is 1620. The quantitative estimate of drug-likeness (QED) is 0.0618. The predicted molar refractivity (Wildman–Crippen MR) is 251 cm³/mol. The Morgan fingerprint density at radius 3 is 2.31 bits per heavy atom. The number of thiophene rings is 1. The molecule has 3 N–H and O–H groups in total. The van der Waals surface area contributed by atoms with Crippen molar-refractivity contribution in [2.75, 3.05) is 42.1 Å². The number of piperazine rings is 1. The molecule has 0 spiro atoms. The molecule has 0 saturated carbocycles. The summed E-state index contributed by atoms with van der Waals surface area (Å²) in [5.41, 5.74) is 8.06. The summed E-state index contributed by atoms with van der Waals surface area (Å²) in [6, 6.07) is 8.33. The fourth-order valence-corrected chi connectivity index (χ4v) is 25.6. The molecule has 1 aromatic heterocycles. The van der Waals surface area contributed by atoms with Gasteiger partial charge in [-0.25, -0.2) is 0 Å². The van der Waals surface area contributed by atoms with Gasteiger partial charge in [0.05, 0.1) is 0 Å². The molecule has 6 heterocycles. The number of aliphatic imine (C=N–C) groups is 1. The van der Waals surface area contributed by atoms with Crippen molar-refractivity contribution in [2.24, 2.45) is 16.6 Å². The van der Waals surface area contributed by atoms with Crippen molar-refractivity contribution in [3.05, 3.63) is 51.2 Å². The average molecular weight is 1300 g/mol. The molecule has 2 bridgehead atoms. The number of halogens is 8. The number of nitrogens with one attached hydrogen (secondary N) is 1. The second kappa shape index (κ2) is 17.0. The summed E-state index contributed by atoms with van der Waals surface area (Å²) in [5.74, 6) is -0.0114. The fraction of sp³-hybridized carbons (Fsp3) is 0.639. The van der Waals surface area contributed by atoms with Gasteiger partial charge in [-0.3, -0.25) is 0 Å². The van der Waals surface area contributed by atoms with Gasteiger partial charge in [0.2, 0.25) is 0 Å². The van der Waals surface area contributed by atoms with Crippen LogP contribution in [0.3, 0.4) is 0 Å². The number of piperidine rings is 1. The van der Waals surface area contributed by atoms with Crippen molar-refractivity contribution in [2.45, 2.75) is 83.5 Å². The van der Waals surface area contributed by atoms with E-state index in [1.54, 1.807) is 62.6 Å². The SMILES string of the molecule is CN1C2CCC1CC(N1CCN(C(=N)[C@H](CC(=O)I3CCC(I4Cc5sccc5N=C4N)CC3)Cc3cc(C(F)(F)I)cc(C(F)(I)I)c3)CC1)C2. The molecule has 0 aliphatic carbocycles. The number of rotatable bonds is 10. The molecule has 5 aliphatic heterocycles. The van der Waals surface area contributed by atoms with Gasteiger partial charge in [-0.05, 0) is 7.05 Å². The monoisotopic (exact) mass is 1300 g/mol. The van der Waals surface area contributed by atoms with E-state index in [4.69, 9.17) is 10.7 Å².